The van der Waals surface area contributed by atoms with E-state index in [1.165, 1.54) is 0 Å². The Morgan fingerprint density at radius 2 is 1.83 bits per heavy atom. The molecule has 2 atom stereocenters. The number of aliphatic hydroxyl groups is 1. The molecule has 4 nitrogen and oxygen atoms in total. The molecule has 5 heteroatoms. The SMILES string of the molecule is COc1ccc(CO[C@H](C)C[C@H](O)C#C/C=C/CCO[Si](C)(C)C(C)(C)C)cc1. The van der Waals surface area contributed by atoms with Crippen LogP contribution in [0.2, 0.25) is 18.1 Å². The minimum Gasteiger partial charge on any atom is -0.497 e. The van der Waals surface area contributed by atoms with Crippen molar-refractivity contribution in [2.75, 3.05) is 13.7 Å². The van der Waals surface area contributed by atoms with E-state index < -0.39 is 14.4 Å². The second-order valence-electron chi connectivity index (χ2n) is 8.81. The van der Waals surface area contributed by atoms with Gasteiger partial charge in [-0.25, -0.2) is 0 Å². The Morgan fingerprint density at radius 3 is 2.41 bits per heavy atom. The quantitative estimate of drug-likeness (QED) is 0.317. The Balaban J connectivity index is 2.27. The van der Waals surface area contributed by atoms with Crippen molar-refractivity contribution in [3.8, 4) is 17.6 Å². The summed E-state index contributed by atoms with van der Waals surface area (Å²) in [6.07, 6.45) is 4.32. The first-order chi connectivity index (χ1) is 13.5. The number of hydrogen-bond donors (Lipinski definition) is 1. The first-order valence-electron chi connectivity index (χ1n) is 10.3. The Morgan fingerprint density at radius 1 is 1.17 bits per heavy atom. The van der Waals surface area contributed by atoms with Crippen molar-refractivity contribution in [3.63, 3.8) is 0 Å². The maximum Gasteiger partial charge on any atom is 0.191 e. The highest BCUT2D eigenvalue weighted by Gasteiger charge is 2.36. The third-order valence-corrected chi connectivity index (χ3v) is 9.79. The largest absolute Gasteiger partial charge is 0.497 e. The van der Waals surface area contributed by atoms with E-state index in [-0.39, 0.29) is 11.1 Å². The van der Waals surface area contributed by atoms with Gasteiger partial charge in [-0.05, 0) is 55.2 Å². The van der Waals surface area contributed by atoms with Crippen LogP contribution in [0.1, 0.15) is 46.1 Å². The van der Waals surface area contributed by atoms with Gasteiger partial charge < -0.3 is 19.0 Å². The minimum absolute atomic E-state index is 0.0802. The van der Waals surface area contributed by atoms with Crippen LogP contribution in [0, 0.1) is 11.8 Å². The smallest absolute Gasteiger partial charge is 0.191 e. The molecule has 0 saturated heterocycles. The van der Waals surface area contributed by atoms with Gasteiger partial charge in [-0.2, -0.15) is 0 Å². The molecule has 0 saturated carbocycles. The zero-order chi connectivity index (χ0) is 21.9. The van der Waals surface area contributed by atoms with Gasteiger partial charge >= 0.3 is 0 Å². The lowest BCUT2D eigenvalue weighted by atomic mass is 10.1. The van der Waals surface area contributed by atoms with Crippen LogP contribution in [0.3, 0.4) is 0 Å². The third-order valence-electron chi connectivity index (χ3n) is 5.25. The van der Waals surface area contributed by atoms with E-state index in [0.717, 1.165) is 17.7 Å². The molecule has 1 N–H and O–H groups in total. The van der Waals surface area contributed by atoms with Crippen molar-refractivity contribution >= 4 is 8.32 Å². The van der Waals surface area contributed by atoms with Crippen LogP contribution in [0.4, 0.5) is 0 Å². The fourth-order valence-electron chi connectivity index (χ4n) is 2.29. The normalized spacial score (nSPS) is 14.3. The van der Waals surface area contributed by atoms with E-state index in [1.807, 2.05) is 37.3 Å². The van der Waals surface area contributed by atoms with Crippen LogP contribution in [-0.2, 0) is 15.8 Å². The standard InChI is InChI=1S/C24H38O4Si/c1-20(27-19-21-13-15-23(26-5)16-14-21)18-22(25)12-10-8-9-11-17-28-29(6,7)24(2,3)4/h8-9,13-16,20,22,25H,11,17-19H2,1-7H3/b9-8+/t20-,22-/m1/s1. The number of benzene rings is 1. The van der Waals surface area contributed by atoms with Gasteiger partial charge in [-0.3, -0.25) is 0 Å². The maximum absolute atomic E-state index is 10.1. The average molecular weight is 419 g/mol. The first-order valence-corrected chi connectivity index (χ1v) is 13.2. The number of ether oxygens (including phenoxy) is 2. The van der Waals surface area contributed by atoms with Gasteiger partial charge in [0, 0.05) is 13.0 Å². The predicted molar refractivity (Wildman–Crippen MR) is 123 cm³/mol. The topological polar surface area (TPSA) is 47.9 Å². The van der Waals surface area contributed by atoms with Gasteiger partial charge in [0.05, 0.1) is 19.8 Å². The highest BCUT2D eigenvalue weighted by atomic mass is 28.4. The lowest BCUT2D eigenvalue weighted by Crippen LogP contribution is -2.40. The van der Waals surface area contributed by atoms with E-state index in [0.29, 0.717) is 19.6 Å². The molecule has 0 unspecified atom stereocenters. The molecule has 0 aliphatic heterocycles. The summed E-state index contributed by atoms with van der Waals surface area (Å²) in [7, 11) is -0.0301. The Kier molecular flexibility index (Phi) is 10.7. The Hall–Kier alpha value is -1.58. The van der Waals surface area contributed by atoms with Crippen molar-refractivity contribution in [2.24, 2.45) is 0 Å². The van der Waals surface area contributed by atoms with Gasteiger partial charge in [-0.1, -0.05) is 50.8 Å². The molecule has 0 spiro atoms. The van der Waals surface area contributed by atoms with E-state index in [1.54, 1.807) is 13.2 Å². The van der Waals surface area contributed by atoms with Crippen LogP contribution in [0.25, 0.3) is 0 Å². The molecule has 0 aliphatic carbocycles. The molecule has 162 valence electrons. The molecular formula is C24H38O4Si. The van der Waals surface area contributed by atoms with Crippen molar-refractivity contribution in [1.29, 1.82) is 0 Å². The molecule has 0 aromatic heterocycles. The Bertz CT molecular complexity index is 678. The second kappa shape index (κ2) is 12.2. The lowest BCUT2D eigenvalue weighted by Gasteiger charge is -2.36. The summed E-state index contributed by atoms with van der Waals surface area (Å²) < 4.78 is 17.1. The number of allylic oxidation sites excluding steroid dienone is 1. The lowest BCUT2D eigenvalue weighted by molar-refractivity contribution is 0.0263. The number of rotatable bonds is 10. The number of hydrogen-bond acceptors (Lipinski definition) is 4. The average Bonchev–Trinajstić information content (AvgIpc) is 2.65. The summed E-state index contributed by atoms with van der Waals surface area (Å²) in [4.78, 5) is 0. The number of methoxy groups -OCH3 is 1. The summed E-state index contributed by atoms with van der Waals surface area (Å²) in [5, 5.41) is 10.3. The molecule has 1 aromatic rings. The van der Waals surface area contributed by atoms with Crippen LogP contribution >= 0.6 is 0 Å². The van der Waals surface area contributed by atoms with Crippen LogP contribution in [-0.4, -0.2) is 39.3 Å². The highest BCUT2D eigenvalue weighted by molar-refractivity contribution is 6.74. The summed E-state index contributed by atoms with van der Waals surface area (Å²) >= 11 is 0. The molecular weight excluding hydrogens is 380 g/mol. The van der Waals surface area contributed by atoms with E-state index in [9.17, 15) is 5.11 Å². The second-order valence-corrected chi connectivity index (χ2v) is 13.6. The molecule has 29 heavy (non-hydrogen) atoms. The zero-order valence-corrected chi connectivity index (χ0v) is 20.1. The molecule has 1 aromatic carbocycles. The fourth-order valence-corrected chi connectivity index (χ4v) is 3.35. The van der Waals surface area contributed by atoms with E-state index in [2.05, 4.69) is 45.7 Å². The minimum atomic E-state index is -1.68. The molecule has 0 aliphatic rings. The summed E-state index contributed by atoms with van der Waals surface area (Å²) in [5.74, 6) is 6.58. The fraction of sp³-hybridized carbons (Fsp3) is 0.583. The van der Waals surface area contributed by atoms with Gasteiger partial charge in [0.25, 0.3) is 0 Å². The maximum atomic E-state index is 10.1. The molecule has 0 bridgehead atoms. The molecule has 0 fully saturated rings. The van der Waals surface area contributed by atoms with Crippen LogP contribution in [0.5, 0.6) is 5.75 Å². The van der Waals surface area contributed by atoms with Gasteiger partial charge in [0.1, 0.15) is 11.9 Å². The van der Waals surface area contributed by atoms with Crippen molar-refractivity contribution < 1.29 is 19.0 Å². The Labute approximate surface area is 178 Å². The van der Waals surface area contributed by atoms with Crippen LogP contribution < -0.4 is 4.74 Å². The van der Waals surface area contributed by atoms with E-state index in [4.69, 9.17) is 13.9 Å². The van der Waals surface area contributed by atoms with Gasteiger partial charge in [0.2, 0.25) is 0 Å². The van der Waals surface area contributed by atoms with Gasteiger partial charge in [0.15, 0.2) is 8.32 Å². The number of aliphatic hydroxyl groups excluding tert-OH is 1. The molecule has 0 radical (unpaired) electrons. The summed E-state index contributed by atoms with van der Waals surface area (Å²) in [6.45, 7) is 14.4. The molecule has 0 heterocycles. The zero-order valence-electron chi connectivity index (χ0n) is 19.1. The molecule has 1 rings (SSSR count). The van der Waals surface area contributed by atoms with Crippen LogP contribution in [0.15, 0.2) is 36.4 Å². The molecule has 0 amide bonds. The van der Waals surface area contributed by atoms with Crippen molar-refractivity contribution in [2.45, 2.75) is 77.5 Å². The van der Waals surface area contributed by atoms with E-state index >= 15 is 0 Å². The summed E-state index contributed by atoms with van der Waals surface area (Å²) in [6, 6.07) is 7.77. The summed E-state index contributed by atoms with van der Waals surface area (Å²) in [5.41, 5.74) is 1.07. The predicted octanol–water partition coefficient (Wildman–Crippen LogP) is 5.32. The first kappa shape index (κ1) is 25.5. The van der Waals surface area contributed by atoms with Gasteiger partial charge in [-0.15, -0.1) is 0 Å². The third kappa shape index (κ3) is 10.1. The monoisotopic (exact) mass is 418 g/mol. The van der Waals surface area contributed by atoms with Crippen molar-refractivity contribution in [3.05, 3.63) is 42.0 Å². The highest BCUT2D eigenvalue weighted by Crippen LogP contribution is 2.36. The van der Waals surface area contributed by atoms with Crippen molar-refractivity contribution in [1.82, 2.24) is 0 Å².